The van der Waals surface area contributed by atoms with Crippen LogP contribution in [0, 0.1) is 0 Å². The largest absolute Gasteiger partial charge is 0.416 e. The molecule has 2 heterocycles. The van der Waals surface area contributed by atoms with E-state index in [1.54, 1.807) is 24.3 Å². The normalized spacial score (nSPS) is 14.2. The van der Waals surface area contributed by atoms with E-state index < -0.39 is 11.7 Å². The Morgan fingerprint density at radius 1 is 0.909 bits per heavy atom. The lowest BCUT2D eigenvalue weighted by molar-refractivity contribution is -0.137. The Balaban J connectivity index is 1.10. The maximum Gasteiger partial charge on any atom is 0.416 e. The van der Waals surface area contributed by atoms with Crippen molar-refractivity contribution in [2.45, 2.75) is 23.6 Å². The molecule has 1 N–H and O–H groups in total. The van der Waals surface area contributed by atoms with Crippen molar-refractivity contribution in [2.75, 3.05) is 37.6 Å². The molecule has 4 aromatic rings. The van der Waals surface area contributed by atoms with Gasteiger partial charge in [-0.05, 0) is 41.0 Å². The molecule has 1 aliphatic heterocycles. The number of rotatable bonds is 10. The average molecular weight is 638 g/mol. The number of anilines is 1. The molecule has 44 heavy (non-hydrogen) atoms. The minimum absolute atomic E-state index is 0.00481. The van der Waals surface area contributed by atoms with Gasteiger partial charge >= 0.3 is 6.18 Å². The van der Waals surface area contributed by atoms with Gasteiger partial charge in [-0.1, -0.05) is 90.1 Å². The zero-order chi connectivity index (χ0) is 30.9. The minimum Gasteiger partial charge on any atom is -0.354 e. The van der Waals surface area contributed by atoms with Crippen LogP contribution in [-0.4, -0.2) is 53.5 Å². The van der Waals surface area contributed by atoms with Crippen molar-refractivity contribution >= 4 is 41.2 Å². The molecular formula is C33H31ClF3N5OS. The van der Waals surface area contributed by atoms with Gasteiger partial charge in [-0.15, -0.1) is 0 Å². The fraction of sp³-hybridized carbons (Fsp3) is 0.242. The second-order valence-electron chi connectivity index (χ2n) is 10.3. The molecule has 1 aliphatic rings. The summed E-state index contributed by atoms with van der Waals surface area (Å²) in [5.41, 5.74) is 2.21. The Morgan fingerprint density at radius 3 is 2.39 bits per heavy atom. The number of halogens is 4. The lowest BCUT2D eigenvalue weighted by atomic mass is 10.1. The molecule has 11 heteroatoms. The summed E-state index contributed by atoms with van der Waals surface area (Å²) in [7, 11) is 0. The molecule has 0 radical (unpaired) electrons. The van der Waals surface area contributed by atoms with Gasteiger partial charge in [0.1, 0.15) is 11.0 Å². The number of hydrogen-bond acceptors (Lipinski definition) is 6. The van der Waals surface area contributed by atoms with Crippen molar-refractivity contribution in [3.63, 3.8) is 0 Å². The minimum atomic E-state index is -4.43. The molecule has 3 aromatic carbocycles. The summed E-state index contributed by atoms with van der Waals surface area (Å²) in [6, 6.07) is 24.0. The van der Waals surface area contributed by atoms with Gasteiger partial charge < -0.3 is 10.2 Å². The van der Waals surface area contributed by atoms with E-state index in [1.165, 1.54) is 23.4 Å². The van der Waals surface area contributed by atoms with Gasteiger partial charge in [-0.2, -0.15) is 13.2 Å². The summed E-state index contributed by atoms with van der Waals surface area (Å²) in [6.07, 6.45) is -0.0874. The van der Waals surface area contributed by atoms with Crippen LogP contribution in [0.15, 0.2) is 96.2 Å². The number of amides is 1. The fourth-order valence-electron chi connectivity index (χ4n) is 4.72. The topological polar surface area (TPSA) is 61.4 Å². The highest BCUT2D eigenvalue weighted by molar-refractivity contribution is 7.98. The number of aromatic nitrogens is 2. The highest BCUT2D eigenvalue weighted by Crippen LogP contribution is 2.29. The van der Waals surface area contributed by atoms with E-state index >= 15 is 0 Å². The van der Waals surface area contributed by atoms with Crippen molar-refractivity contribution in [3.8, 4) is 0 Å². The molecule has 6 nitrogen and oxygen atoms in total. The summed E-state index contributed by atoms with van der Waals surface area (Å²) >= 11 is 7.81. The van der Waals surface area contributed by atoms with E-state index in [4.69, 9.17) is 16.6 Å². The molecule has 0 atom stereocenters. The molecule has 1 saturated heterocycles. The first-order valence-corrected chi connectivity index (χ1v) is 15.5. The standard InChI is InChI=1S/C33H31ClF3N5OS/c34-29-21-30(42-18-16-41(17-19-42)15-5-9-24-6-2-1-3-7-24)40-32(39-29)44-23-25-11-13-27(14-12-25)31(43)38-22-26-8-4-10-28(20-26)33(35,36)37/h1-14,20-21H,15-19,22-23H2,(H,38,43)/b9-5+. The van der Waals surface area contributed by atoms with E-state index in [0.29, 0.717) is 27.2 Å². The van der Waals surface area contributed by atoms with Crippen molar-refractivity contribution in [2.24, 2.45) is 0 Å². The highest BCUT2D eigenvalue weighted by Gasteiger charge is 2.30. The van der Waals surface area contributed by atoms with Gasteiger partial charge in [0.25, 0.3) is 5.91 Å². The summed E-state index contributed by atoms with van der Waals surface area (Å²) < 4.78 is 38.8. The first-order valence-electron chi connectivity index (χ1n) is 14.1. The number of hydrogen-bond donors (Lipinski definition) is 1. The first kappa shape index (κ1) is 31.6. The van der Waals surface area contributed by atoms with Crippen LogP contribution in [0.2, 0.25) is 5.15 Å². The summed E-state index contributed by atoms with van der Waals surface area (Å²) in [5.74, 6) is 1.02. The molecule has 0 spiro atoms. The molecule has 5 rings (SSSR count). The number of alkyl halides is 3. The Kier molecular flexibility index (Phi) is 10.6. The van der Waals surface area contributed by atoms with Crippen molar-refractivity contribution < 1.29 is 18.0 Å². The lowest BCUT2D eigenvalue weighted by Gasteiger charge is -2.35. The summed E-state index contributed by atoms with van der Waals surface area (Å²) in [6.45, 7) is 4.41. The molecule has 1 fully saturated rings. The number of nitrogens with one attached hydrogen (secondary N) is 1. The van der Waals surface area contributed by atoms with Crippen molar-refractivity contribution in [3.05, 3.63) is 124 Å². The maximum absolute atomic E-state index is 12.9. The first-order chi connectivity index (χ1) is 21.2. The Bertz CT molecular complexity index is 1580. The molecule has 0 aliphatic carbocycles. The van der Waals surface area contributed by atoms with Gasteiger partial charge in [0, 0.05) is 56.7 Å². The molecule has 1 amide bonds. The highest BCUT2D eigenvalue weighted by atomic mass is 35.5. The van der Waals surface area contributed by atoms with Crippen LogP contribution in [0.4, 0.5) is 19.0 Å². The van der Waals surface area contributed by atoms with Gasteiger partial charge in [-0.25, -0.2) is 9.97 Å². The van der Waals surface area contributed by atoms with E-state index in [1.807, 2.05) is 30.3 Å². The molecular weight excluding hydrogens is 607 g/mol. The third-order valence-corrected chi connectivity index (χ3v) is 8.23. The summed E-state index contributed by atoms with van der Waals surface area (Å²) in [5, 5.41) is 3.64. The second-order valence-corrected chi connectivity index (χ2v) is 11.6. The number of benzene rings is 3. The number of carbonyl (C=O) groups is 1. The number of piperazine rings is 1. The second kappa shape index (κ2) is 14.7. The quantitative estimate of drug-likeness (QED) is 0.113. The predicted molar refractivity (Wildman–Crippen MR) is 170 cm³/mol. The lowest BCUT2D eigenvalue weighted by Crippen LogP contribution is -2.46. The zero-order valence-corrected chi connectivity index (χ0v) is 25.4. The smallest absolute Gasteiger partial charge is 0.354 e. The molecule has 228 valence electrons. The van der Waals surface area contributed by atoms with Gasteiger partial charge in [0.2, 0.25) is 0 Å². The SMILES string of the molecule is O=C(NCc1cccc(C(F)(F)F)c1)c1ccc(CSc2nc(Cl)cc(N3CCN(C/C=C/c4ccccc4)CC3)n2)cc1. The van der Waals surface area contributed by atoms with Crippen LogP contribution < -0.4 is 10.2 Å². The van der Waals surface area contributed by atoms with Crippen LogP contribution in [0.5, 0.6) is 0 Å². The molecule has 0 saturated carbocycles. The van der Waals surface area contributed by atoms with Gasteiger partial charge in [0.15, 0.2) is 5.16 Å². The Morgan fingerprint density at radius 2 is 1.66 bits per heavy atom. The van der Waals surface area contributed by atoms with Crippen LogP contribution in [0.25, 0.3) is 6.08 Å². The number of nitrogens with zero attached hydrogens (tertiary/aromatic N) is 4. The van der Waals surface area contributed by atoms with E-state index in [9.17, 15) is 18.0 Å². The van der Waals surface area contributed by atoms with Crippen LogP contribution >= 0.6 is 23.4 Å². The molecule has 0 bridgehead atoms. The van der Waals surface area contributed by atoms with E-state index in [2.05, 4.69) is 44.4 Å². The third-order valence-electron chi connectivity index (χ3n) is 7.12. The predicted octanol–water partition coefficient (Wildman–Crippen LogP) is 7.21. The number of thioether (sulfide) groups is 1. The Hall–Kier alpha value is -3.86. The molecule has 0 unspecified atom stereocenters. The monoisotopic (exact) mass is 637 g/mol. The van der Waals surface area contributed by atoms with Crippen LogP contribution in [0.1, 0.15) is 32.6 Å². The fourth-order valence-corrected chi connectivity index (χ4v) is 5.75. The van der Waals surface area contributed by atoms with Crippen LogP contribution in [-0.2, 0) is 18.5 Å². The third kappa shape index (κ3) is 9.07. The van der Waals surface area contributed by atoms with Crippen molar-refractivity contribution in [1.82, 2.24) is 20.2 Å². The summed E-state index contributed by atoms with van der Waals surface area (Å²) in [4.78, 5) is 26.3. The molecule has 1 aromatic heterocycles. The van der Waals surface area contributed by atoms with E-state index in [-0.39, 0.29) is 12.5 Å². The van der Waals surface area contributed by atoms with Crippen molar-refractivity contribution in [1.29, 1.82) is 0 Å². The average Bonchev–Trinajstić information content (AvgIpc) is 3.03. The van der Waals surface area contributed by atoms with E-state index in [0.717, 1.165) is 56.2 Å². The number of carbonyl (C=O) groups excluding carboxylic acids is 1. The van der Waals surface area contributed by atoms with Gasteiger partial charge in [0.05, 0.1) is 5.56 Å². The van der Waals surface area contributed by atoms with Crippen LogP contribution in [0.3, 0.4) is 0 Å². The Labute approximate surface area is 264 Å². The zero-order valence-electron chi connectivity index (χ0n) is 23.8. The van der Waals surface area contributed by atoms with Gasteiger partial charge in [-0.3, -0.25) is 9.69 Å². The maximum atomic E-state index is 12.9.